The Kier molecular flexibility index (Phi) is 3.99. The molecule has 0 saturated heterocycles. The number of hydrogen-bond donors (Lipinski definition) is 1. The zero-order valence-corrected chi connectivity index (χ0v) is 8.97. The highest BCUT2D eigenvalue weighted by Gasteiger charge is 2.11. The molecule has 0 saturated carbocycles. The molecule has 0 aliphatic rings. The molecule has 0 unspecified atom stereocenters. The molecule has 5 nitrogen and oxygen atoms in total. The molecule has 1 heterocycles. The van der Waals surface area contributed by atoms with Crippen LogP contribution in [0.3, 0.4) is 0 Å². The molecule has 1 N–H and O–H groups in total. The predicted octanol–water partition coefficient (Wildman–Crippen LogP) is 1.44. The number of rotatable bonds is 4. The molecule has 15 heavy (non-hydrogen) atoms. The van der Waals surface area contributed by atoms with Gasteiger partial charge in [0.25, 0.3) is 0 Å². The quantitative estimate of drug-likeness (QED) is 0.623. The Labute approximate surface area is 90.8 Å². The van der Waals surface area contributed by atoms with E-state index in [0.717, 1.165) is 17.4 Å². The Morgan fingerprint density at radius 2 is 2.47 bits per heavy atom. The lowest BCUT2D eigenvalue weighted by molar-refractivity contribution is -0.111. The lowest BCUT2D eigenvalue weighted by Gasteiger charge is -1.96. The average molecular weight is 226 g/mol. The highest BCUT2D eigenvalue weighted by atomic mass is 32.1. The van der Waals surface area contributed by atoms with Crippen LogP contribution in [0.5, 0.6) is 0 Å². The Bertz CT molecular complexity index is 386. The van der Waals surface area contributed by atoms with E-state index in [0.29, 0.717) is 11.7 Å². The maximum atomic E-state index is 11.2. The van der Waals surface area contributed by atoms with Gasteiger partial charge in [-0.05, 0) is 13.0 Å². The zero-order valence-electron chi connectivity index (χ0n) is 8.15. The number of amides is 1. The molecule has 1 aromatic rings. The third kappa shape index (κ3) is 3.17. The number of anilines is 1. The van der Waals surface area contributed by atoms with Gasteiger partial charge in [0.2, 0.25) is 5.91 Å². The third-order valence-electron chi connectivity index (χ3n) is 1.40. The van der Waals surface area contributed by atoms with E-state index in [1.807, 2.05) is 0 Å². The summed E-state index contributed by atoms with van der Waals surface area (Å²) in [5, 5.41) is 4.33. The minimum atomic E-state index is -0.493. The van der Waals surface area contributed by atoms with E-state index in [1.165, 1.54) is 5.38 Å². The first-order valence-corrected chi connectivity index (χ1v) is 5.11. The smallest absolute Gasteiger partial charge is 0.357 e. The van der Waals surface area contributed by atoms with E-state index >= 15 is 0 Å². The van der Waals surface area contributed by atoms with Crippen LogP contribution in [0.4, 0.5) is 5.13 Å². The van der Waals surface area contributed by atoms with Gasteiger partial charge >= 0.3 is 5.97 Å². The van der Waals surface area contributed by atoms with E-state index in [4.69, 9.17) is 4.74 Å². The molecule has 0 aromatic carbocycles. The maximum absolute atomic E-state index is 11.2. The summed E-state index contributed by atoms with van der Waals surface area (Å²) in [7, 11) is 0. The van der Waals surface area contributed by atoms with Gasteiger partial charge in [-0.2, -0.15) is 0 Å². The predicted molar refractivity (Wildman–Crippen MR) is 56.9 cm³/mol. The summed E-state index contributed by atoms with van der Waals surface area (Å²) in [5.41, 5.74) is 0.196. The van der Waals surface area contributed by atoms with E-state index in [1.54, 1.807) is 6.92 Å². The summed E-state index contributed by atoms with van der Waals surface area (Å²) in [6.07, 6.45) is 1.13. The number of thiazole rings is 1. The largest absolute Gasteiger partial charge is 0.461 e. The van der Waals surface area contributed by atoms with Crippen LogP contribution in [0.2, 0.25) is 0 Å². The van der Waals surface area contributed by atoms with Crippen molar-refractivity contribution in [3.05, 3.63) is 23.7 Å². The molecule has 0 aliphatic heterocycles. The van der Waals surface area contributed by atoms with Gasteiger partial charge in [0.15, 0.2) is 10.8 Å². The van der Waals surface area contributed by atoms with Crippen LogP contribution < -0.4 is 5.32 Å². The van der Waals surface area contributed by atoms with Gasteiger partial charge < -0.3 is 4.74 Å². The number of esters is 1. The van der Waals surface area contributed by atoms with E-state index in [9.17, 15) is 9.59 Å². The van der Waals surface area contributed by atoms with Crippen molar-refractivity contribution in [2.45, 2.75) is 6.92 Å². The molecule has 0 fully saturated rings. The SMILES string of the molecule is C=CC(=O)Nc1nc(C(=O)OCC)cs1. The van der Waals surface area contributed by atoms with Crippen molar-refractivity contribution < 1.29 is 14.3 Å². The first-order chi connectivity index (χ1) is 7.17. The number of nitrogens with one attached hydrogen (secondary N) is 1. The van der Waals surface area contributed by atoms with Crippen molar-refractivity contribution in [3.8, 4) is 0 Å². The Morgan fingerprint density at radius 1 is 1.73 bits per heavy atom. The number of nitrogens with zero attached hydrogens (tertiary/aromatic N) is 1. The van der Waals surface area contributed by atoms with Crippen LogP contribution in [0.25, 0.3) is 0 Å². The van der Waals surface area contributed by atoms with Crippen molar-refractivity contribution >= 4 is 28.3 Å². The molecular formula is C9H10N2O3S. The van der Waals surface area contributed by atoms with Crippen molar-refractivity contribution in [2.24, 2.45) is 0 Å². The summed E-state index contributed by atoms with van der Waals surface area (Å²) >= 11 is 1.16. The van der Waals surface area contributed by atoms with Gasteiger partial charge in [-0.3, -0.25) is 10.1 Å². The Morgan fingerprint density at radius 3 is 3.07 bits per heavy atom. The number of carbonyl (C=O) groups excluding carboxylic acids is 2. The van der Waals surface area contributed by atoms with E-state index in [2.05, 4.69) is 16.9 Å². The molecule has 1 rings (SSSR count). The molecule has 0 bridgehead atoms. The van der Waals surface area contributed by atoms with Gasteiger partial charge in [-0.15, -0.1) is 11.3 Å². The third-order valence-corrected chi connectivity index (χ3v) is 2.16. The first kappa shape index (κ1) is 11.4. The number of aromatic nitrogens is 1. The number of ether oxygens (including phenoxy) is 1. The average Bonchev–Trinajstić information content (AvgIpc) is 2.66. The topological polar surface area (TPSA) is 68.3 Å². The van der Waals surface area contributed by atoms with E-state index in [-0.39, 0.29) is 11.6 Å². The summed E-state index contributed by atoms with van der Waals surface area (Å²) in [6.45, 7) is 5.31. The molecule has 6 heteroatoms. The van der Waals surface area contributed by atoms with Crippen LogP contribution in [-0.2, 0) is 9.53 Å². The molecule has 0 atom stereocenters. The fourth-order valence-corrected chi connectivity index (χ4v) is 1.47. The fourth-order valence-electron chi connectivity index (χ4n) is 0.786. The Balaban J connectivity index is 2.67. The first-order valence-electron chi connectivity index (χ1n) is 4.23. The Hall–Kier alpha value is -1.69. The van der Waals surface area contributed by atoms with Crippen LogP contribution in [-0.4, -0.2) is 23.5 Å². The summed E-state index contributed by atoms with van der Waals surface area (Å²) in [4.78, 5) is 26.0. The van der Waals surface area contributed by atoms with Crippen molar-refractivity contribution in [1.82, 2.24) is 4.98 Å². The second kappa shape index (κ2) is 5.26. The molecule has 0 spiro atoms. The van der Waals surface area contributed by atoms with Gasteiger partial charge in [0.05, 0.1) is 6.61 Å². The molecular weight excluding hydrogens is 216 g/mol. The normalized spacial score (nSPS) is 9.40. The van der Waals surface area contributed by atoms with E-state index < -0.39 is 5.97 Å². The molecule has 0 radical (unpaired) electrons. The van der Waals surface area contributed by atoms with Gasteiger partial charge in [-0.25, -0.2) is 9.78 Å². The lowest BCUT2D eigenvalue weighted by Crippen LogP contribution is -2.08. The number of carbonyl (C=O) groups is 2. The summed E-state index contributed by atoms with van der Waals surface area (Å²) in [6, 6.07) is 0. The summed E-state index contributed by atoms with van der Waals surface area (Å²) in [5.74, 6) is -0.854. The maximum Gasteiger partial charge on any atom is 0.357 e. The van der Waals surface area contributed by atoms with Gasteiger partial charge in [0, 0.05) is 5.38 Å². The van der Waals surface area contributed by atoms with Crippen LogP contribution >= 0.6 is 11.3 Å². The highest BCUT2D eigenvalue weighted by molar-refractivity contribution is 7.14. The zero-order chi connectivity index (χ0) is 11.3. The monoisotopic (exact) mass is 226 g/mol. The second-order valence-corrected chi connectivity index (χ2v) is 3.31. The number of hydrogen-bond acceptors (Lipinski definition) is 5. The molecule has 80 valence electrons. The fraction of sp³-hybridized carbons (Fsp3) is 0.222. The summed E-state index contributed by atoms with van der Waals surface area (Å²) < 4.78 is 4.74. The minimum Gasteiger partial charge on any atom is -0.461 e. The van der Waals surface area contributed by atoms with Crippen LogP contribution in [0.1, 0.15) is 17.4 Å². The van der Waals surface area contributed by atoms with Gasteiger partial charge in [0.1, 0.15) is 0 Å². The second-order valence-electron chi connectivity index (χ2n) is 2.45. The molecule has 1 amide bonds. The molecule has 1 aromatic heterocycles. The van der Waals surface area contributed by atoms with Crippen molar-refractivity contribution in [1.29, 1.82) is 0 Å². The van der Waals surface area contributed by atoms with Crippen molar-refractivity contribution in [3.63, 3.8) is 0 Å². The van der Waals surface area contributed by atoms with Crippen LogP contribution in [0, 0.1) is 0 Å². The molecule has 0 aliphatic carbocycles. The lowest BCUT2D eigenvalue weighted by atomic mass is 10.5. The van der Waals surface area contributed by atoms with Crippen LogP contribution in [0.15, 0.2) is 18.0 Å². The van der Waals surface area contributed by atoms with Crippen molar-refractivity contribution in [2.75, 3.05) is 11.9 Å². The van der Waals surface area contributed by atoms with Gasteiger partial charge in [-0.1, -0.05) is 6.58 Å². The minimum absolute atomic E-state index is 0.196. The highest BCUT2D eigenvalue weighted by Crippen LogP contribution is 2.15. The standard InChI is InChI=1S/C9H10N2O3S/c1-3-7(12)11-9-10-6(5-15-9)8(13)14-4-2/h3,5H,1,4H2,2H3,(H,10,11,12).